The van der Waals surface area contributed by atoms with Crippen molar-refractivity contribution in [1.29, 1.82) is 0 Å². The van der Waals surface area contributed by atoms with Gasteiger partial charge >= 0.3 is 5.97 Å². The van der Waals surface area contributed by atoms with E-state index in [1.807, 2.05) is 0 Å². The first-order valence-corrected chi connectivity index (χ1v) is 17.2. The summed E-state index contributed by atoms with van der Waals surface area (Å²) in [5, 5.41) is 0. The van der Waals surface area contributed by atoms with Gasteiger partial charge in [0.15, 0.2) is 0 Å². The molecular formula is C30H62NO7P. The van der Waals surface area contributed by atoms with Crippen molar-refractivity contribution in [2.24, 2.45) is 0 Å². The van der Waals surface area contributed by atoms with Crippen LogP contribution in [0.4, 0.5) is 0 Å². The summed E-state index contributed by atoms with van der Waals surface area (Å²) in [6.07, 6.45) is 21.0. The first-order valence-electron chi connectivity index (χ1n) is 15.7. The Labute approximate surface area is 240 Å². The van der Waals surface area contributed by atoms with Crippen molar-refractivity contribution in [2.45, 2.75) is 136 Å². The third kappa shape index (κ3) is 30.3. The number of nitrogens with zero attached hydrogens (tertiary/aromatic N) is 1. The molecule has 0 heterocycles. The van der Waals surface area contributed by atoms with E-state index >= 15 is 0 Å². The van der Waals surface area contributed by atoms with Gasteiger partial charge in [-0.15, -0.1) is 0 Å². The van der Waals surface area contributed by atoms with Gasteiger partial charge in [0.05, 0.1) is 47.5 Å². The SMILES string of the molecule is CCCCCCCCCCCCCCCCOCC(COP(=O)([O-])OCCCCCC[N+](C)(C)C)OC(C)=O. The van der Waals surface area contributed by atoms with Gasteiger partial charge in [0.2, 0.25) is 0 Å². The Hall–Kier alpha value is -0.500. The zero-order valence-corrected chi connectivity index (χ0v) is 27.0. The van der Waals surface area contributed by atoms with Crippen molar-refractivity contribution < 1.29 is 37.3 Å². The summed E-state index contributed by atoms with van der Waals surface area (Å²) in [4.78, 5) is 23.5. The third-order valence-electron chi connectivity index (χ3n) is 6.67. The van der Waals surface area contributed by atoms with E-state index in [4.69, 9.17) is 18.5 Å². The molecule has 0 aliphatic carbocycles. The Bertz CT molecular complexity index is 613. The first kappa shape index (κ1) is 38.5. The van der Waals surface area contributed by atoms with E-state index in [1.165, 1.54) is 84.0 Å². The minimum Gasteiger partial charge on any atom is -0.756 e. The van der Waals surface area contributed by atoms with Crippen molar-refractivity contribution in [2.75, 3.05) is 54.1 Å². The van der Waals surface area contributed by atoms with E-state index in [1.54, 1.807) is 0 Å². The molecule has 0 radical (unpaired) electrons. The van der Waals surface area contributed by atoms with Gasteiger partial charge in [-0.25, -0.2) is 0 Å². The van der Waals surface area contributed by atoms with Crippen molar-refractivity contribution in [3.63, 3.8) is 0 Å². The molecule has 0 N–H and O–H groups in total. The lowest BCUT2D eigenvalue weighted by molar-refractivity contribution is -0.870. The standard InChI is InChI=1S/C30H62NO7P/c1-6-7-8-9-10-11-12-13-14-15-16-17-19-22-25-35-27-30(38-29(2)32)28-37-39(33,34)36-26-23-20-18-21-24-31(3,4)5/h30H,6-28H2,1-5H3. The number of quaternary nitrogens is 1. The van der Waals surface area contributed by atoms with Crippen LogP contribution in [0.5, 0.6) is 0 Å². The summed E-state index contributed by atoms with van der Waals surface area (Å²) in [6.45, 7) is 5.08. The van der Waals surface area contributed by atoms with Crippen LogP contribution in [-0.2, 0) is 27.9 Å². The van der Waals surface area contributed by atoms with Gasteiger partial charge in [-0.3, -0.25) is 9.36 Å². The van der Waals surface area contributed by atoms with Gasteiger partial charge in [0, 0.05) is 13.5 Å². The van der Waals surface area contributed by atoms with Gasteiger partial charge in [0.25, 0.3) is 7.82 Å². The van der Waals surface area contributed by atoms with E-state index < -0.39 is 19.9 Å². The largest absolute Gasteiger partial charge is 0.756 e. The van der Waals surface area contributed by atoms with Gasteiger partial charge < -0.3 is 27.9 Å². The summed E-state index contributed by atoms with van der Waals surface area (Å²) in [7, 11) is 2.02. The van der Waals surface area contributed by atoms with Crippen LogP contribution < -0.4 is 4.89 Å². The minimum absolute atomic E-state index is 0.0962. The molecule has 0 fully saturated rings. The van der Waals surface area contributed by atoms with E-state index in [2.05, 4.69) is 28.1 Å². The predicted octanol–water partition coefficient (Wildman–Crippen LogP) is 7.18. The smallest absolute Gasteiger partial charge is 0.303 e. The second-order valence-corrected chi connectivity index (χ2v) is 13.3. The normalized spacial score (nSPS) is 14.3. The number of rotatable bonds is 29. The van der Waals surface area contributed by atoms with Crippen molar-refractivity contribution in [3.8, 4) is 0 Å². The molecule has 0 aromatic carbocycles. The van der Waals surface area contributed by atoms with E-state index in [0.29, 0.717) is 13.0 Å². The summed E-state index contributed by atoms with van der Waals surface area (Å²) in [6, 6.07) is 0. The number of esters is 1. The molecule has 0 saturated heterocycles. The van der Waals surface area contributed by atoms with Crippen LogP contribution >= 0.6 is 7.82 Å². The molecule has 0 aliphatic heterocycles. The number of phosphoric ester groups is 1. The van der Waals surface area contributed by atoms with Crippen LogP contribution in [0.2, 0.25) is 0 Å². The number of ether oxygens (including phenoxy) is 2. The fourth-order valence-electron chi connectivity index (χ4n) is 4.39. The third-order valence-corrected chi connectivity index (χ3v) is 7.63. The molecule has 0 rings (SSSR count). The van der Waals surface area contributed by atoms with Gasteiger partial charge in [-0.1, -0.05) is 96.8 Å². The fourth-order valence-corrected chi connectivity index (χ4v) is 5.17. The molecule has 2 atom stereocenters. The Balaban J connectivity index is 3.80. The molecule has 8 nitrogen and oxygen atoms in total. The Kier molecular flexibility index (Phi) is 24.9. The maximum atomic E-state index is 12.1. The van der Waals surface area contributed by atoms with Gasteiger partial charge in [-0.2, -0.15) is 0 Å². The molecule has 0 aromatic rings. The average Bonchev–Trinajstić information content (AvgIpc) is 2.85. The summed E-state index contributed by atoms with van der Waals surface area (Å²) < 4.78 is 33.7. The molecule has 2 unspecified atom stereocenters. The quantitative estimate of drug-likeness (QED) is 0.0401. The molecule has 39 heavy (non-hydrogen) atoms. The maximum absolute atomic E-state index is 12.1. The monoisotopic (exact) mass is 579 g/mol. The van der Waals surface area contributed by atoms with Crippen molar-refractivity contribution in [3.05, 3.63) is 0 Å². The zero-order valence-electron chi connectivity index (χ0n) is 26.1. The van der Waals surface area contributed by atoms with Crippen LogP contribution in [0.25, 0.3) is 0 Å². The highest BCUT2D eigenvalue weighted by molar-refractivity contribution is 7.45. The van der Waals surface area contributed by atoms with Crippen molar-refractivity contribution in [1.82, 2.24) is 0 Å². The lowest BCUT2D eigenvalue weighted by Gasteiger charge is -2.25. The summed E-state index contributed by atoms with van der Waals surface area (Å²) >= 11 is 0. The summed E-state index contributed by atoms with van der Waals surface area (Å²) in [5.74, 6) is -0.501. The zero-order chi connectivity index (χ0) is 29.2. The fraction of sp³-hybridized carbons (Fsp3) is 0.967. The number of phosphoric acid groups is 1. The van der Waals surface area contributed by atoms with Crippen LogP contribution in [0.1, 0.15) is 129 Å². The van der Waals surface area contributed by atoms with Gasteiger partial charge in [-0.05, 0) is 25.7 Å². The van der Waals surface area contributed by atoms with Crippen LogP contribution in [0, 0.1) is 0 Å². The minimum atomic E-state index is -4.45. The number of unbranched alkanes of at least 4 members (excludes halogenated alkanes) is 16. The number of hydrogen-bond acceptors (Lipinski definition) is 7. The summed E-state index contributed by atoms with van der Waals surface area (Å²) in [5.41, 5.74) is 0. The first-order chi connectivity index (χ1) is 18.6. The lowest BCUT2D eigenvalue weighted by Crippen LogP contribution is -2.35. The maximum Gasteiger partial charge on any atom is 0.303 e. The molecule has 0 amide bonds. The predicted molar refractivity (Wildman–Crippen MR) is 158 cm³/mol. The highest BCUT2D eigenvalue weighted by atomic mass is 31.2. The van der Waals surface area contributed by atoms with Crippen LogP contribution in [0.15, 0.2) is 0 Å². The van der Waals surface area contributed by atoms with E-state index in [9.17, 15) is 14.3 Å². The van der Waals surface area contributed by atoms with E-state index in [-0.39, 0.29) is 19.8 Å². The number of carbonyl (C=O) groups excluding carboxylic acids is 1. The Morgan fingerprint density at radius 2 is 1.15 bits per heavy atom. The molecule has 0 bridgehead atoms. The number of hydrogen-bond donors (Lipinski definition) is 0. The molecule has 9 heteroatoms. The molecular weight excluding hydrogens is 517 g/mol. The van der Waals surface area contributed by atoms with Crippen molar-refractivity contribution >= 4 is 13.8 Å². The highest BCUT2D eigenvalue weighted by Crippen LogP contribution is 2.38. The molecule has 0 aromatic heterocycles. The number of carbonyl (C=O) groups is 1. The van der Waals surface area contributed by atoms with Crippen LogP contribution in [0.3, 0.4) is 0 Å². The Morgan fingerprint density at radius 1 is 0.692 bits per heavy atom. The Morgan fingerprint density at radius 3 is 1.64 bits per heavy atom. The topological polar surface area (TPSA) is 94.1 Å². The van der Waals surface area contributed by atoms with Gasteiger partial charge in [0.1, 0.15) is 6.10 Å². The molecule has 234 valence electrons. The van der Waals surface area contributed by atoms with E-state index in [0.717, 1.165) is 43.1 Å². The second-order valence-electron chi connectivity index (χ2n) is 11.9. The second kappa shape index (κ2) is 25.2. The molecule has 0 saturated carbocycles. The molecule has 0 aliphatic rings. The van der Waals surface area contributed by atoms with Crippen LogP contribution in [-0.4, -0.2) is 70.7 Å². The highest BCUT2D eigenvalue weighted by Gasteiger charge is 2.18. The lowest BCUT2D eigenvalue weighted by atomic mass is 10.0. The average molecular weight is 580 g/mol. The molecule has 0 spiro atoms.